The van der Waals surface area contributed by atoms with E-state index in [1.54, 1.807) is 0 Å². The third-order valence-electron chi connectivity index (χ3n) is 3.11. The Kier molecular flexibility index (Phi) is 3.72. The molecule has 0 aliphatic heterocycles. The standard InChI is InChI=1S/C12H19N3O/c13-8-4-7-11-14-10-6-3-1-2-5-9(10)12(16)15-11/h1-8,13H2,(H,14,15,16). The Bertz CT molecular complexity index is 411. The molecule has 16 heavy (non-hydrogen) atoms. The molecule has 0 unspecified atom stereocenters. The number of aromatic nitrogens is 2. The Labute approximate surface area is 95.3 Å². The van der Waals surface area contributed by atoms with Crippen LogP contribution < -0.4 is 11.3 Å². The molecule has 1 aromatic heterocycles. The van der Waals surface area contributed by atoms with Gasteiger partial charge in [-0.05, 0) is 38.6 Å². The van der Waals surface area contributed by atoms with Gasteiger partial charge in [0.1, 0.15) is 5.82 Å². The number of aryl methyl sites for hydroxylation is 2. The molecule has 3 N–H and O–H groups in total. The fourth-order valence-electron chi connectivity index (χ4n) is 2.22. The lowest BCUT2D eigenvalue weighted by molar-refractivity contribution is 0.706. The molecular formula is C12H19N3O. The van der Waals surface area contributed by atoms with Crippen molar-refractivity contribution in [3.8, 4) is 0 Å². The van der Waals surface area contributed by atoms with Crippen LogP contribution in [0.1, 0.15) is 42.8 Å². The number of nitrogens with one attached hydrogen (secondary N) is 1. The Morgan fingerprint density at radius 3 is 2.88 bits per heavy atom. The highest BCUT2D eigenvalue weighted by Gasteiger charge is 2.13. The molecule has 1 aliphatic carbocycles. The monoisotopic (exact) mass is 221 g/mol. The molecule has 0 saturated carbocycles. The third kappa shape index (κ3) is 2.50. The van der Waals surface area contributed by atoms with Gasteiger partial charge in [0.2, 0.25) is 0 Å². The lowest BCUT2D eigenvalue weighted by Crippen LogP contribution is -2.20. The second kappa shape index (κ2) is 5.25. The van der Waals surface area contributed by atoms with Gasteiger partial charge < -0.3 is 10.7 Å². The summed E-state index contributed by atoms with van der Waals surface area (Å²) in [6.45, 7) is 0.640. The number of hydrogen-bond acceptors (Lipinski definition) is 3. The zero-order valence-corrected chi connectivity index (χ0v) is 9.59. The lowest BCUT2D eigenvalue weighted by Gasteiger charge is -2.06. The van der Waals surface area contributed by atoms with Crippen molar-refractivity contribution in [2.75, 3.05) is 6.54 Å². The number of fused-ring (bicyclic) bond motifs is 1. The minimum Gasteiger partial charge on any atom is -0.330 e. The van der Waals surface area contributed by atoms with Gasteiger partial charge in [0, 0.05) is 12.0 Å². The van der Waals surface area contributed by atoms with Crippen LogP contribution in [-0.4, -0.2) is 16.5 Å². The molecule has 0 aromatic carbocycles. The van der Waals surface area contributed by atoms with Crippen LogP contribution in [0.2, 0.25) is 0 Å². The van der Waals surface area contributed by atoms with E-state index in [-0.39, 0.29) is 5.56 Å². The van der Waals surface area contributed by atoms with Gasteiger partial charge in [0.15, 0.2) is 0 Å². The molecule has 88 valence electrons. The minimum atomic E-state index is 0.0684. The molecule has 0 bridgehead atoms. The molecule has 1 aliphatic rings. The Morgan fingerprint density at radius 2 is 2.06 bits per heavy atom. The first-order valence-corrected chi connectivity index (χ1v) is 6.12. The quantitative estimate of drug-likeness (QED) is 0.746. The molecule has 0 spiro atoms. The SMILES string of the molecule is NCCCc1nc2c(c(=O)[nH]1)CCCCC2. The number of aromatic amines is 1. The number of H-pyrrole nitrogens is 1. The van der Waals surface area contributed by atoms with Crippen molar-refractivity contribution >= 4 is 0 Å². The summed E-state index contributed by atoms with van der Waals surface area (Å²) < 4.78 is 0. The van der Waals surface area contributed by atoms with E-state index in [2.05, 4.69) is 9.97 Å². The Balaban J connectivity index is 2.28. The molecule has 0 amide bonds. The zero-order chi connectivity index (χ0) is 11.4. The second-order valence-corrected chi connectivity index (χ2v) is 4.39. The van der Waals surface area contributed by atoms with Crippen LogP contribution in [0.4, 0.5) is 0 Å². The molecule has 0 fully saturated rings. The Morgan fingerprint density at radius 1 is 1.25 bits per heavy atom. The molecule has 1 aromatic rings. The van der Waals surface area contributed by atoms with E-state index in [0.29, 0.717) is 6.54 Å². The van der Waals surface area contributed by atoms with Gasteiger partial charge in [-0.25, -0.2) is 4.98 Å². The van der Waals surface area contributed by atoms with Gasteiger partial charge in [-0.3, -0.25) is 4.79 Å². The second-order valence-electron chi connectivity index (χ2n) is 4.39. The summed E-state index contributed by atoms with van der Waals surface area (Å²) in [6, 6.07) is 0. The van der Waals surface area contributed by atoms with Gasteiger partial charge in [-0.1, -0.05) is 6.42 Å². The molecular weight excluding hydrogens is 202 g/mol. The van der Waals surface area contributed by atoms with E-state index in [9.17, 15) is 4.79 Å². The van der Waals surface area contributed by atoms with Gasteiger partial charge >= 0.3 is 0 Å². The van der Waals surface area contributed by atoms with Crippen molar-refractivity contribution in [3.05, 3.63) is 27.4 Å². The summed E-state index contributed by atoms with van der Waals surface area (Å²) in [4.78, 5) is 19.3. The maximum absolute atomic E-state index is 11.9. The van der Waals surface area contributed by atoms with E-state index < -0.39 is 0 Å². The number of hydrogen-bond donors (Lipinski definition) is 2. The fraction of sp³-hybridized carbons (Fsp3) is 0.667. The van der Waals surface area contributed by atoms with Crippen LogP contribution in [0.25, 0.3) is 0 Å². The predicted molar refractivity (Wildman–Crippen MR) is 63.5 cm³/mol. The normalized spacial score (nSPS) is 15.6. The topological polar surface area (TPSA) is 71.8 Å². The minimum absolute atomic E-state index is 0.0684. The number of rotatable bonds is 3. The molecule has 2 rings (SSSR count). The summed E-state index contributed by atoms with van der Waals surface area (Å²) in [7, 11) is 0. The zero-order valence-electron chi connectivity index (χ0n) is 9.59. The van der Waals surface area contributed by atoms with Gasteiger partial charge in [-0.2, -0.15) is 0 Å². The van der Waals surface area contributed by atoms with E-state index in [1.807, 2.05) is 0 Å². The smallest absolute Gasteiger partial charge is 0.254 e. The van der Waals surface area contributed by atoms with E-state index in [0.717, 1.165) is 55.6 Å². The van der Waals surface area contributed by atoms with E-state index >= 15 is 0 Å². The summed E-state index contributed by atoms with van der Waals surface area (Å²) in [5.41, 5.74) is 7.46. The Hall–Kier alpha value is -1.16. The molecule has 4 heteroatoms. The van der Waals surface area contributed by atoms with Gasteiger partial charge in [0.05, 0.1) is 5.69 Å². The lowest BCUT2D eigenvalue weighted by atomic mass is 10.1. The highest BCUT2D eigenvalue weighted by atomic mass is 16.1. The van der Waals surface area contributed by atoms with Crippen molar-refractivity contribution in [1.29, 1.82) is 0 Å². The summed E-state index contributed by atoms with van der Waals surface area (Å²) in [5, 5.41) is 0. The molecule has 4 nitrogen and oxygen atoms in total. The first-order valence-electron chi connectivity index (χ1n) is 6.12. The molecule has 0 atom stereocenters. The van der Waals surface area contributed by atoms with Gasteiger partial charge in [-0.15, -0.1) is 0 Å². The van der Waals surface area contributed by atoms with Crippen LogP contribution >= 0.6 is 0 Å². The maximum Gasteiger partial charge on any atom is 0.254 e. The third-order valence-corrected chi connectivity index (χ3v) is 3.11. The van der Waals surface area contributed by atoms with Crippen LogP contribution in [0.3, 0.4) is 0 Å². The maximum atomic E-state index is 11.9. The van der Waals surface area contributed by atoms with E-state index in [1.165, 1.54) is 6.42 Å². The molecule has 1 heterocycles. The van der Waals surface area contributed by atoms with Crippen molar-refractivity contribution in [3.63, 3.8) is 0 Å². The molecule has 0 saturated heterocycles. The van der Waals surface area contributed by atoms with Crippen LogP contribution in [-0.2, 0) is 19.3 Å². The average Bonchev–Trinajstić information content (AvgIpc) is 2.51. The van der Waals surface area contributed by atoms with Crippen LogP contribution in [0, 0.1) is 0 Å². The molecule has 0 radical (unpaired) electrons. The van der Waals surface area contributed by atoms with E-state index in [4.69, 9.17) is 5.73 Å². The largest absolute Gasteiger partial charge is 0.330 e. The van der Waals surface area contributed by atoms with Crippen LogP contribution in [0.5, 0.6) is 0 Å². The van der Waals surface area contributed by atoms with Gasteiger partial charge in [0.25, 0.3) is 5.56 Å². The number of nitrogens with zero attached hydrogens (tertiary/aromatic N) is 1. The predicted octanol–water partition coefficient (Wildman–Crippen LogP) is 0.930. The summed E-state index contributed by atoms with van der Waals surface area (Å²) >= 11 is 0. The van der Waals surface area contributed by atoms with Crippen molar-refractivity contribution in [1.82, 2.24) is 9.97 Å². The summed E-state index contributed by atoms with van der Waals surface area (Å²) in [5.74, 6) is 0.802. The highest BCUT2D eigenvalue weighted by Crippen LogP contribution is 2.15. The first kappa shape index (κ1) is 11.3. The average molecular weight is 221 g/mol. The van der Waals surface area contributed by atoms with Crippen molar-refractivity contribution < 1.29 is 0 Å². The first-order chi connectivity index (χ1) is 7.81. The number of nitrogens with two attached hydrogens (primary N) is 1. The summed E-state index contributed by atoms with van der Waals surface area (Å²) in [6.07, 6.45) is 6.96. The highest BCUT2D eigenvalue weighted by molar-refractivity contribution is 5.19. The fourth-order valence-corrected chi connectivity index (χ4v) is 2.22. The van der Waals surface area contributed by atoms with Crippen molar-refractivity contribution in [2.24, 2.45) is 5.73 Å². The van der Waals surface area contributed by atoms with Crippen LogP contribution in [0.15, 0.2) is 4.79 Å². The van der Waals surface area contributed by atoms with Crippen molar-refractivity contribution in [2.45, 2.75) is 44.9 Å².